The van der Waals surface area contributed by atoms with Gasteiger partial charge in [-0.1, -0.05) is 18.2 Å². The molecule has 0 spiro atoms. The first-order chi connectivity index (χ1) is 8.18. The maximum absolute atomic E-state index is 2.35. The third-order valence-corrected chi connectivity index (χ3v) is 4.79. The summed E-state index contributed by atoms with van der Waals surface area (Å²) in [5, 5.41) is 2.74. The average Bonchev–Trinajstić information content (AvgIpc) is 2.83. The van der Waals surface area contributed by atoms with Gasteiger partial charge in [-0.05, 0) is 30.9 Å². The second kappa shape index (κ2) is 3.77. The maximum Gasteiger partial charge on any atom is 0.103 e. The molecule has 0 radical (unpaired) electrons. The molecule has 2 aromatic rings. The molecule has 1 aliphatic heterocycles. The smallest absolute Gasteiger partial charge is 0.103 e. The second-order valence-corrected chi connectivity index (χ2v) is 5.56. The Hall–Kier alpha value is -1.48. The van der Waals surface area contributed by atoms with Crippen LogP contribution in [0.4, 0.5) is 5.00 Å². The van der Waals surface area contributed by atoms with Crippen LogP contribution in [0.5, 0.6) is 0 Å². The van der Waals surface area contributed by atoms with E-state index >= 15 is 0 Å². The molecule has 0 aliphatic carbocycles. The van der Waals surface area contributed by atoms with Crippen molar-refractivity contribution in [3.8, 4) is 0 Å². The van der Waals surface area contributed by atoms with Crippen molar-refractivity contribution in [3.05, 3.63) is 42.2 Å². The van der Waals surface area contributed by atoms with Crippen molar-refractivity contribution < 1.29 is 0 Å². The van der Waals surface area contributed by atoms with Crippen LogP contribution in [-0.2, 0) is 0 Å². The van der Waals surface area contributed by atoms with Gasteiger partial charge < -0.3 is 9.80 Å². The SMILES string of the molecule is Cc1c(N2C=CN(C)[C@@H]2C)sc2ccccc12. The summed E-state index contributed by atoms with van der Waals surface area (Å²) in [6, 6.07) is 8.63. The van der Waals surface area contributed by atoms with Gasteiger partial charge in [0.25, 0.3) is 0 Å². The van der Waals surface area contributed by atoms with Gasteiger partial charge in [0.05, 0.1) is 0 Å². The molecule has 88 valence electrons. The minimum Gasteiger partial charge on any atom is -0.359 e. The van der Waals surface area contributed by atoms with Gasteiger partial charge in [0.1, 0.15) is 11.2 Å². The first-order valence-electron chi connectivity index (χ1n) is 5.85. The molecule has 3 heteroatoms. The van der Waals surface area contributed by atoms with Crippen molar-refractivity contribution in [2.75, 3.05) is 11.9 Å². The molecule has 0 unspecified atom stereocenters. The minimum atomic E-state index is 0.404. The lowest BCUT2D eigenvalue weighted by molar-refractivity contribution is 0.384. The molecule has 1 aromatic carbocycles. The van der Waals surface area contributed by atoms with Gasteiger partial charge in [0.2, 0.25) is 0 Å². The Bertz CT molecular complexity index is 585. The van der Waals surface area contributed by atoms with Crippen LogP contribution in [-0.4, -0.2) is 18.1 Å². The largest absolute Gasteiger partial charge is 0.359 e. The fraction of sp³-hybridized carbons (Fsp3) is 0.286. The van der Waals surface area contributed by atoms with Crippen molar-refractivity contribution >= 4 is 26.4 Å². The zero-order chi connectivity index (χ0) is 12.0. The molecule has 3 rings (SSSR count). The lowest BCUT2D eigenvalue weighted by Crippen LogP contribution is -2.33. The van der Waals surface area contributed by atoms with Crippen LogP contribution >= 0.6 is 11.3 Å². The van der Waals surface area contributed by atoms with Crippen molar-refractivity contribution in [2.45, 2.75) is 20.0 Å². The Labute approximate surface area is 106 Å². The highest BCUT2D eigenvalue weighted by Gasteiger charge is 2.23. The second-order valence-electron chi connectivity index (χ2n) is 4.53. The summed E-state index contributed by atoms with van der Waals surface area (Å²) in [4.78, 5) is 4.57. The van der Waals surface area contributed by atoms with E-state index in [-0.39, 0.29) is 0 Å². The molecule has 0 bridgehead atoms. The van der Waals surface area contributed by atoms with Crippen molar-refractivity contribution in [1.29, 1.82) is 0 Å². The van der Waals surface area contributed by atoms with E-state index in [0.29, 0.717) is 6.17 Å². The van der Waals surface area contributed by atoms with Gasteiger partial charge in [0.15, 0.2) is 0 Å². The Morgan fingerprint density at radius 2 is 1.94 bits per heavy atom. The van der Waals surface area contributed by atoms with E-state index in [9.17, 15) is 0 Å². The van der Waals surface area contributed by atoms with E-state index in [4.69, 9.17) is 0 Å². The maximum atomic E-state index is 2.35. The number of rotatable bonds is 1. The van der Waals surface area contributed by atoms with Crippen LogP contribution in [0.25, 0.3) is 10.1 Å². The number of nitrogens with zero attached hydrogens (tertiary/aromatic N) is 2. The first kappa shape index (κ1) is 10.7. The van der Waals surface area contributed by atoms with Gasteiger partial charge in [-0.15, -0.1) is 11.3 Å². The molecule has 1 aliphatic rings. The predicted octanol–water partition coefficient (Wildman–Crippen LogP) is 3.78. The van der Waals surface area contributed by atoms with Gasteiger partial charge in [0, 0.05) is 24.1 Å². The third-order valence-electron chi connectivity index (χ3n) is 3.51. The van der Waals surface area contributed by atoms with Crippen LogP contribution in [0, 0.1) is 6.92 Å². The van der Waals surface area contributed by atoms with E-state index in [1.54, 1.807) is 0 Å². The molecule has 1 atom stereocenters. The fourth-order valence-electron chi connectivity index (χ4n) is 2.27. The molecule has 0 saturated carbocycles. The summed E-state index contributed by atoms with van der Waals surface area (Å²) in [5.74, 6) is 0. The molecule has 2 heterocycles. The highest BCUT2D eigenvalue weighted by molar-refractivity contribution is 7.23. The zero-order valence-electron chi connectivity index (χ0n) is 10.3. The molecule has 0 saturated heterocycles. The average molecular weight is 244 g/mol. The predicted molar refractivity (Wildman–Crippen MR) is 75.4 cm³/mol. The van der Waals surface area contributed by atoms with Crippen LogP contribution < -0.4 is 4.90 Å². The van der Waals surface area contributed by atoms with E-state index in [2.05, 4.69) is 67.4 Å². The van der Waals surface area contributed by atoms with Crippen LogP contribution in [0.3, 0.4) is 0 Å². The first-order valence-corrected chi connectivity index (χ1v) is 6.67. The molecule has 0 amide bonds. The Balaban J connectivity index is 2.12. The quantitative estimate of drug-likeness (QED) is 0.753. The van der Waals surface area contributed by atoms with E-state index < -0.39 is 0 Å². The van der Waals surface area contributed by atoms with E-state index in [0.717, 1.165) is 0 Å². The fourth-order valence-corrected chi connectivity index (χ4v) is 3.54. The summed E-state index contributed by atoms with van der Waals surface area (Å²) >= 11 is 1.87. The molecule has 0 N–H and O–H groups in total. The Morgan fingerprint density at radius 3 is 2.59 bits per heavy atom. The number of fused-ring (bicyclic) bond motifs is 1. The number of hydrogen-bond acceptors (Lipinski definition) is 3. The lowest BCUT2D eigenvalue weighted by Gasteiger charge is -2.26. The highest BCUT2D eigenvalue weighted by atomic mass is 32.1. The van der Waals surface area contributed by atoms with E-state index in [1.807, 2.05) is 11.3 Å². The third kappa shape index (κ3) is 1.53. The summed E-state index contributed by atoms with van der Waals surface area (Å²) in [6.07, 6.45) is 4.71. The topological polar surface area (TPSA) is 6.48 Å². The molecular formula is C14H16N2S. The van der Waals surface area contributed by atoms with Crippen LogP contribution in [0.1, 0.15) is 12.5 Å². The molecule has 2 nitrogen and oxygen atoms in total. The minimum absolute atomic E-state index is 0.404. The summed E-state index contributed by atoms with van der Waals surface area (Å²) in [6.45, 7) is 4.44. The Kier molecular flexibility index (Phi) is 2.37. The molecular weight excluding hydrogens is 228 g/mol. The van der Waals surface area contributed by atoms with Crippen LogP contribution in [0.15, 0.2) is 36.7 Å². The molecule has 0 fully saturated rings. The monoisotopic (exact) mass is 244 g/mol. The van der Waals surface area contributed by atoms with Gasteiger partial charge in [-0.3, -0.25) is 0 Å². The van der Waals surface area contributed by atoms with Crippen LogP contribution in [0.2, 0.25) is 0 Å². The van der Waals surface area contributed by atoms with Crippen molar-refractivity contribution in [1.82, 2.24) is 4.90 Å². The number of thiophene rings is 1. The zero-order valence-corrected chi connectivity index (χ0v) is 11.2. The summed E-state index contributed by atoms with van der Waals surface area (Å²) in [7, 11) is 2.11. The number of anilines is 1. The number of hydrogen-bond donors (Lipinski definition) is 0. The van der Waals surface area contributed by atoms with Gasteiger partial charge in [-0.25, -0.2) is 0 Å². The van der Waals surface area contributed by atoms with E-state index in [1.165, 1.54) is 20.7 Å². The number of aryl methyl sites for hydroxylation is 1. The highest BCUT2D eigenvalue weighted by Crippen LogP contribution is 2.39. The molecule has 1 aromatic heterocycles. The Morgan fingerprint density at radius 1 is 1.18 bits per heavy atom. The molecule has 17 heavy (non-hydrogen) atoms. The van der Waals surface area contributed by atoms with Gasteiger partial charge in [-0.2, -0.15) is 0 Å². The van der Waals surface area contributed by atoms with Gasteiger partial charge >= 0.3 is 0 Å². The normalized spacial score (nSPS) is 19.6. The number of benzene rings is 1. The summed E-state index contributed by atoms with van der Waals surface area (Å²) < 4.78 is 1.37. The summed E-state index contributed by atoms with van der Waals surface area (Å²) in [5.41, 5.74) is 1.39. The lowest BCUT2D eigenvalue weighted by atomic mass is 10.2. The standard InChI is InChI=1S/C14H16N2S/c1-10-12-6-4-5-7-13(12)17-14(10)16-9-8-15(3)11(16)2/h4-9,11H,1-3H3/t11-/m0/s1. The van der Waals surface area contributed by atoms with Crippen molar-refractivity contribution in [3.63, 3.8) is 0 Å². The van der Waals surface area contributed by atoms with Crippen molar-refractivity contribution in [2.24, 2.45) is 0 Å².